The second-order valence-electron chi connectivity index (χ2n) is 4.47. The van der Waals surface area contributed by atoms with E-state index in [4.69, 9.17) is 0 Å². The van der Waals surface area contributed by atoms with Crippen LogP contribution in [0.3, 0.4) is 0 Å². The molecule has 0 radical (unpaired) electrons. The Balaban J connectivity index is 3.10. The number of benzene rings is 1. The molecule has 0 aromatic heterocycles. The maximum absolute atomic E-state index is 13.9. The van der Waals surface area contributed by atoms with Crippen molar-refractivity contribution < 1.29 is 8.78 Å². The van der Waals surface area contributed by atoms with Gasteiger partial charge in [-0.2, -0.15) is 0 Å². The van der Waals surface area contributed by atoms with Gasteiger partial charge in [-0.05, 0) is 30.5 Å². The van der Waals surface area contributed by atoms with Crippen LogP contribution in [0.15, 0.2) is 12.1 Å². The highest BCUT2D eigenvalue weighted by atomic mass is 79.9. The number of hydrogen-bond donors (Lipinski definition) is 0. The van der Waals surface area contributed by atoms with E-state index in [2.05, 4.69) is 15.9 Å². The molecule has 17 heavy (non-hydrogen) atoms. The van der Waals surface area contributed by atoms with Crippen molar-refractivity contribution in [2.45, 2.75) is 26.1 Å². The van der Waals surface area contributed by atoms with Crippen LogP contribution in [-0.4, -0.2) is 13.1 Å². The van der Waals surface area contributed by atoms with Crippen molar-refractivity contribution in [3.63, 3.8) is 0 Å². The van der Waals surface area contributed by atoms with Crippen LogP contribution in [0.25, 0.3) is 0 Å². The topological polar surface area (TPSA) is 3.24 Å². The normalized spacial score (nSPS) is 11.0. The predicted molar refractivity (Wildman–Crippen MR) is 71.7 cm³/mol. The zero-order valence-corrected chi connectivity index (χ0v) is 12.0. The van der Waals surface area contributed by atoms with Crippen molar-refractivity contribution in [1.82, 2.24) is 0 Å². The Labute approximate surface area is 110 Å². The minimum Gasteiger partial charge on any atom is -0.367 e. The molecule has 0 heterocycles. The summed E-state index contributed by atoms with van der Waals surface area (Å²) in [7, 11) is 0. The summed E-state index contributed by atoms with van der Waals surface area (Å²) in [5.74, 6) is -0.603. The Kier molecular flexibility index (Phi) is 5.37. The number of alkyl halides is 1. The first-order valence-corrected chi connectivity index (χ1v) is 6.90. The summed E-state index contributed by atoms with van der Waals surface area (Å²) in [6, 6.07) is 2.77. The van der Waals surface area contributed by atoms with Crippen LogP contribution in [-0.2, 0) is 5.33 Å². The number of rotatable bonds is 5. The fraction of sp³-hybridized carbons (Fsp3) is 0.538. The Hall–Kier alpha value is -0.640. The van der Waals surface area contributed by atoms with Gasteiger partial charge in [0.05, 0.1) is 0 Å². The highest BCUT2D eigenvalue weighted by Crippen LogP contribution is 2.26. The first kappa shape index (κ1) is 14.4. The van der Waals surface area contributed by atoms with Gasteiger partial charge in [-0.25, -0.2) is 8.78 Å². The summed E-state index contributed by atoms with van der Waals surface area (Å²) in [6.07, 6.45) is 0. The average molecular weight is 306 g/mol. The van der Waals surface area contributed by atoms with Crippen molar-refractivity contribution in [1.29, 1.82) is 0 Å². The maximum Gasteiger partial charge on any atom is 0.149 e. The standard InChI is InChI=1S/C13H18BrF2N/c1-4-17(8-9(2)3)13-11(15)5-10(7-14)6-12(13)16/h5-6,9H,4,7-8H2,1-3H3. The van der Waals surface area contributed by atoms with Gasteiger partial charge in [0.25, 0.3) is 0 Å². The molecule has 0 amide bonds. The maximum atomic E-state index is 13.9. The number of hydrogen-bond acceptors (Lipinski definition) is 1. The molecule has 1 rings (SSSR count). The van der Waals surface area contributed by atoms with E-state index >= 15 is 0 Å². The minimum atomic E-state index is -0.484. The van der Waals surface area contributed by atoms with Crippen molar-refractivity contribution in [3.05, 3.63) is 29.3 Å². The molecule has 0 aliphatic rings. The van der Waals surface area contributed by atoms with E-state index in [1.165, 1.54) is 12.1 Å². The molecule has 0 fully saturated rings. The van der Waals surface area contributed by atoms with Crippen LogP contribution in [0.5, 0.6) is 0 Å². The van der Waals surface area contributed by atoms with E-state index in [0.717, 1.165) is 0 Å². The van der Waals surface area contributed by atoms with E-state index in [1.54, 1.807) is 4.90 Å². The van der Waals surface area contributed by atoms with Gasteiger partial charge in [-0.3, -0.25) is 0 Å². The predicted octanol–water partition coefficient (Wildman–Crippen LogP) is 4.34. The van der Waals surface area contributed by atoms with Crippen molar-refractivity contribution >= 4 is 21.6 Å². The highest BCUT2D eigenvalue weighted by molar-refractivity contribution is 9.08. The number of halogens is 3. The quantitative estimate of drug-likeness (QED) is 0.731. The first-order chi connectivity index (χ1) is 7.99. The molecule has 1 nitrogen and oxygen atoms in total. The van der Waals surface area contributed by atoms with Crippen molar-refractivity contribution in [2.75, 3.05) is 18.0 Å². The molecule has 0 unspecified atom stereocenters. The lowest BCUT2D eigenvalue weighted by atomic mass is 10.1. The minimum absolute atomic E-state index is 0.0888. The van der Waals surface area contributed by atoms with Gasteiger partial charge in [-0.15, -0.1) is 0 Å². The summed E-state index contributed by atoms with van der Waals surface area (Å²) in [4.78, 5) is 1.74. The first-order valence-electron chi connectivity index (χ1n) is 5.78. The molecule has 1 aromatic rings. The third kappa shape index (κ3) is 3.66. The van der Waals surface area contributed by atoms with E-state index < -0.39 is 11.6 Å². The molecule has 4 heteroatoms. The van der Waals surface area contributed by atoms with Crippen LogP contribution < -0.4 is 4.90 Å². The largest absolute Gasteiger partial charge is 0.367 e. The number of anilines is 1. The summed E-state index contributed by atoms with van der Waals surface area (Å²) in [6.45, 7) is 7.22. The molecule has 0 N–H and O–H groups in total. The monoisotopic (exact) mass is 305 g/mol. The van der Waals surface area contributed by atoms with E-state index in [1.807, 2.05) is 20.8 Å². The fourth-order valence-corrected chi connectivity index (χ4v) is 2.14. The molecular formula is C13H18BrF2N. The van der Waals surface area contributed by atoms with Gasteiger partial charge < -0.3 is 4.90 Å². The van der Waals surface area contributed by atoms with E-state index in [-0.39, 0.29) is 5.69 Å². The summed E-state index contributed by atoms with van der Waals surface area (Å²) in [5.41, 5.74) is 0.704. The van der Waals surface area contributed by atoms with Crippen LogP contribution in [0, 0.1) is 17.6 Å². The highest BCUT2D eigenvalue weighted by Gasteiger charge is 2.17. The number of nitrogens with zero attached hydrogens (tertiary/aromatic N) is 1. The molecule has 0 saturated carbocycles. The van der Waals surface area contributed by atoms with Gasteiger partial charge >= 0.3 is 0 Å². The molecule has 96 valence electrons. The smallest absolute Gasteiger partial charge is 0.149 e. The van der Waals surface area contributed by atoms with Crippen molar-refractivity contribution in [2.24, 2.45) is 5.92 Å². The average Bonchev–Trinajstić information content (AvgIpc) is 2.25. The Morgan fingerprint density at radius 2 is 1.76 bits per heavy atom. The second-order valence-corrected chi connectivity index (χ2v) is 5.03. The molecule has 0 spiro atoms. The van der Waals surface area contributed by atoms with Crippen LogP contribution >= 0.6 is 15.9 Å². The van der Waals surface area contributed by atoms with Crippen LogP contribution in [0.2, 0.25) is 0 Å². The van der Waals surface area contributed by atoms with Gasteiger partial charge in [0.2, 0.25) is 0 Å². The Bertz CT molecular complexity index is 357. The Morgan fingerprint density at radius 3 is 2.12 bits per heavy atom. The Morgan fingerprint density at radius 1 is 1.24 bits per heavy atom. The molecular weight excluding hydrogens is 288 g/mol. The van der Waals surface area contributed by atoms with Gasteiger partial charge in [0.15, 0.2) is 0 Å². The van der Waals surface area contributed by atoms with Crippen LogP contribution in [0.4, 0.5) is 14.5 Å². The fourth-order valence-electron chi connectivity index (χ4n) is 1.82. The van der Waals surface area contributed by atoms with E-state index in [9.17, 15) is 8.78 Å². The molecule has 0 aliphatic heterocycles. The third-order valence-electron chi connectivity index (χ3n) is 2.51. The summed E-state index contributed by atoms with van der Waals surface area (Å²) in [5, 5.41) is 0.456. The molecule has 0 atom stereocenters. The summed E-state index contributed by atoms with van der Waals surface area (Å²) >= 11 is 3.20. The third-order valence-corrected chi connectivity index (χ3v) is 3.16. The molecule has 0 saturated heterocycles. The van der Waals surface area contributed by atoms with Gasteiger partial charge in [0, 0.05) is 18.4 Å². The lowest BCUT2D eigenvalue weighted by Crippen LogP contribution is -2.29. The van der Waals surface area contributed by atoms with Crippen molar-refractivity contribution in [3.8, 4) is 0 Å². The lowest BCUT2D eigenvalue weighted by molar-refractivity contribution is 0.550. The van der Waals surface area contributed by atoms with Gasteiger partial charge in [-0.1, -0.05) is 29.8 Å². The molecule has 0 bridgehead atoms. The lowest BCUT2D eigenvalue weighted by Gasteiger charge is -2.26. The van der Waals surface area contributed by atoms with E-state index in [0.29, 0.717) is 29.9 Å². The summed E-state index contributed by atoms with van der Waals surface area (Å²) < 4.78 is 27.8. The molecule has 0 aliphatic carbocycles. The zero-order valence-electron chi connectivity index (χ0n) is 10.4. The second kappa shape index (κ2) is 6.34. The van der Waals surface area contributed by atoms with Gasteiger partial charge in [0.1, 0.15) is 17.3 Å². The SMILES string of the molecule is CCN(CC(C)C)c1c(F)cc(CBr)cc1F. The molecule has 1 aromatic carbocycles. The van der Waals surface area contributed by atoms with Crippen LogP contribution in [0.1, 0.15) is 26.3 Å². The zero-order chi connectivity index (χ0) is 13.0.